The molecule has 0 bridgehead atoms. The van der Waals surface area contributed by atoms with Crippen LogP contribution in [0.5, 0.6) is 0 Å². The minimum Gasteiger partial charge on any atom is -0.463 e. The predicted octanol–water partition coefficient (Wildman–Crippen LogP) is 4.06. The summed E-state index contributed by atoms with van der Waals surface area (Å²) in [6.07, 6.45) is -4.13. The second-order valence-electron chi connectivity index (χ2n) is 5.97. The second-order valence-corrected chi connectivity index (χ2v) is 10.8. The lowest BCUT2D eigenvalue weighted by Crippen LogP contribution is -2.42. The Morgan fingerprint density at radius 1 is 1.20 bits per heavy atom. The number of esters is 1. The van der Waals surface area contributed by atoms with Gasteiger partial charge in [0.05, 0.1) is 18.8 Å². The highest BCUT2D eigenvalue weighted by Gasteiger charge is 2.40. The largest absolute Gasteiger partial charge is 0.463 e. The Bertz CT molecular complexity index is 368. The SMILES string of the molecule is CCOC(=O)/C=C(/CO[Si](C)(C)C(C)(C)C)C(F)(F)F. The number of hydrogen-bond acceptors (Lipinski definition) is 3. The topological polar surface area (TPSA) is 35.5 Å². The van der Waals surface area contributed by atoms with E-state index >= 15 is 0 Å². The van der Waals surface area contributed by atoms with Gasteiger partial charge in [-0.25, -0.2) is 4.79 Å². The summed E-state index contributed by atoms with van der Waals surface area (Å²) in [5.74, 6) is -1.00. The van der Waals surface area contributed by atoms with E-state index in [9.17, 15) is 18.0 Å². The molecule has 0 spiro atoms. The zero-order valence-corrected chi connectivity index (χ0v) is 13.9. The number of alkyl halides is 3. The van der Waals surface area contributed by atoms with Crippen LogP contribution in [0.2, 0.25) is 18.1 Å². The zero-order valence-electron chi connectivity index (χ0n) is 12.9. The van der Waals surface area contributed by atoms with E-state index in [-0.39, 0.29) is 11.6 Å². The number of rotatable bonds is 5. The van der Waals surface area contributed by atoms with Crippen LogP contribution in [-0.2, 0) is 14.0 Å². The highest BCUT2D eigenvalue weighted by atomic mass is 28.4. The van der Waals surface area contributed by atoms with Crippen molar-refractivity contribution in [1.82, 2.24) is 0 Å². The summed E-state index contributed by atoms with van der Waals surface area (Å²) < 4.78 is 48.6. The molecule has 0 N–H and O–H groups in total. The fourth-order valence-corrected chi connectivity index (χ4v) is 1.96. The Labute approximate surface area is 119 Å². The first-order valence-corrected chi connectivity index (χ1v) is 9.30. The summed E-state index contributed by atoms with van der Waals surface area (Å²) in [5.41, 5.74) is -1.01. The molecule has 0 aromatic heterocycles. The van der Waals surface area contributed by atoms with Crippen molar-refractivity contribution in [2.24, 2.45) is 0 Å². The van der Waals surface area contributed by atoms with Crippen molar-refractivity contribution in [2.75, 3.05) is 13.2 Å². The molecule has 0 atom stereocenters. The van der Waals surface area contributed by atoms with E-state index in [0.717, 1.165) is 0 Å². The normalized spacial score (nSPS) is 14.3. The molecular formula is C13H23F3O3Si. The van der Waals surface area contributed by atoms with Gasteiger partial charge in [-0.05, 0) is 25.1 Å². The molecule has 0 fully saturated rings. The molecule has 0 radical (unpaired) electrons. The van der Waals surface area contributed by atoms with Gasteiger partial charge in [-0.15, -0.1) is 0 Å². The Morgan fingerprint density at radius 3 is 2.05 bits per heavy atom. The van der Waals surface area contributed by atoms with Crippen LogP contribution in [0, 0.1) is 0 Å². The number of halogens is 3. The van der Waals surface area contributed by atoms with Crippen LogP contribution in [0.25, 0.3) is 0 Å². The minimum atomic E-state index is -4.60. The third kappa shape index (κ3) is 6.09. The molecule has 0 aliphatic rings. The van der Waals surface area contributed by atoms with Gasteiger partial charge in [-0.1, -0.05) is 20.8 Å². The van der Waals surface area contributed by atoms with Crippen LogP contribution >= 0.6 is 0 Å². The summed E-state index contributed by atoms with van der Waals surface area (Å²) >= 11 is 0. The Morgan fingerprint density at radius 2 is 1.70 bits per heavy atom. The molecule has 0 heterocycles. The van der Waals surface area contributed by atoms with E-state index in [0.29, 0.717) is 6.08 Å². The first-order chi connectivity index (χ1) is 8.81. The minimum absolute atomic E-state index is 0.0313. The molecule has 0 amide bonds. The van der Waals surface area contributed by atoms with Crippen molar-refractivity contribution in [3.63, 3.8) is 0 Å². The molecule has 118 valence electrons. The predicted molar refractivity (Wildman–Crippen MR) is 73.9 cm³/mol. The van der Waals surface area contributed by atoms with Crippen molar-refractivity contribution in [3.8, 4) is 0 Å². The summed E-state index contributed by atoms with van der Waals surface area (Å²) in [4.78, 5) is 11.2. The van der Waals surface area contributed by atoms with Crippen molar-refractivity contribution in [3.05, 3.63) is 11.6 Å². The lowest BCUT2D eigenvalue weighted by molar-refractivity contribution is -0.138. The summed E-state index contributed by atoms with van der Waals surface area (Å²) in [6.45, 7) is 10.4. The van der Waals surface area contributed by atoms with Gasteiger partial charge in [-0.3, -0.25) is 0 Å². The van der Waals surface area contributed by atoms with Crippen LogP contribution in [0.15, 0.2) is 11.6 Å². The molecule has 0 aliphatic carbocycles. The molecule has 0 aromatic rings. The summed E-state index contributed by atoms with van der Waals surface area (Å²) in [5, 5.41) is -0.201. The molecule has 0 aliphatic heterocycles. The van der Waals surface area contributed by atoms with Gasteiger partial charge in [0, 0.05) is 6.08 Å². The second kappa shape index (κ2) is 6.75. The van der Waals surface area contributed by atoms with E-state index in [1.54, 1.807) is 0 Å². The zero-order chi connectivity index (χ0) is 16.2. The molecular weight excluding hydrogens is 289 g/mol. The Kier molecular flexibility index (Phi) is 6.48. The monoisotopic (exact) mass is 312 g/mol. The maximum Gasteiger partial charge on any atom is 0.415 e. The molecule has 3 nitrogen and oxygen atoms in total. The molecule has 7 heteroatoms. The molecule has 20 heavy (non-hydrogen) atoms. The van der Waals surface area contributed by atoms with Gasteiger partial charge in [0.2, 0.25) is 0 Å². The Hall–Kier alpha value is -0.823. The fraction of sp³-hybridized carbons (Fsp3) is 0.769. The Balaban J connectivity index is 5.01. The van der Waals surface area contributed by atoms with Crippen LogP contribution in [0.4, 0.5) is 13.2 Å². The van der Waals surface area contributed by atoms with E-state index in [2.05, 4.69) is 4.74 Å². The maximum atomic E-state index is 12.9. The smallest absolute Gasteiger partial charge is 0.415 e. The standard InChI is InChI=1S/C13H23F3O3Si/c1-7-18-11(17)8-10(13(14,15)16)9-19-20(5,6)12(2,3)4/h8H,7,9H2,1-6H3/b10-8-. The van der Waals surface area contributed by atoms with Crippen LogP contribution in [0.3, 0.4) is 0 Å². The van der Waals surface area contributed by atoms with E-state index in [1.807, 2.05) is 33.9 Å². The number of hydrogen-bond donors (Lipinski definition) is 0. The van der Waals surface area contributed by atoms with E-state index in [4.69, 9.17) is 4.43 Å². The highest BCUT2D eigenvalue weighted by Crippen LogP contribution is 2.37. The van der Waals surface area contributed by atoms with Crippen molar-refractivity contribution in [1.29, 1.82) is 0 Å². The summed E-state index contributed by atoms with van der Waals surface area (Å²) in [6, 6.07) is 0. The quantitative estimate of drug-likeness (QED) is 0.436. The molecule has 0 rings (SSSR count). The van der Waals surface area contributed by atoms with Crippen molar-refractivity contribution < 1.29 is 27.1 Å². The molecule has 0 saturated carbocycles. The third-order valence-electron chi connectivity index (χ3n) is 3.34. The van der Waals surface area contributed by atoms with E-state index < -0.39 is 32.6 Å². The number of carbonyl (C=O) groups excluding carboxylic acids is 1. The number of carbonyl (C=O) groups is 1. The fourth-order valence-electron chi connectivity index (χ4n) is 1.01. The van der Waals surface area contributed by atoms with Gasteiger partial charge in [0.25, 0.3) is 0 Å². The van der Waals surface area contributed by atoms with Crippen LogP contribution < -0.4 is 0 Å². The van der Waals surface area contributed by atoms with Crippen molar-refractivity contribution in [2.45, 2.75) is 52.0 Å². The van der Waals surface area contributed by atoms with E-state index in [1.165, 1.54) is 6.92 Å². The van der Waals surface area contributed by atoms with Crippen LogP contribution in [0.1, 0.15) is 27.7 Å². The average molecular weight is 312 g/mol. The first-order valence-electron chi connectivity index (χ1n) is 6.39. The summed E-state index contributed by atoms with van der Waals surface area (Å²) in [7, 11) is -2.31. The van der Waals surface area contributed by atoms with Gasteiger partial charge in [-0.2, -0.15) is 13.2 Å². The lowest BCUT2D eigenvalue weighted by Gasteiger charge is -2.36. The molecule has 0 aromatic carbocycles. The van der Waals surface area contributed by atoms with Gasteiger partial charge < -0.3 is 9.16 Å². The first kappa shape index (κ1) is 19.2. The van der Waals surface area contributed by atoms with Gasteiger partial charge >= 0.3 is 12.1 Å². The highest BCUT2D eigenvalue weighted by molar-refractivity contribution is 6.74. The van der Waals surface area contributed by atoms with Gasteiger partial charge in [0.1, 0.15) is 0 Å². The van der Waals surface area contributed by atoms with Gasteiger partial charge in [0.15, 0.2) is 8.32 Å². The lowest BCUT2D eigenvalue weighted by atomic mass is 10.2. The average Bonchev–Trinajstić information content (AvgIpc) is 2.21. The maximum absolute atomic E-state index is 12.9. The van der Waals surface area contributed by atoms with Crippen molar-refractivity contribution >= 4 is 14.3 Å². The third-order valence-corrected chi connectivity index (χ3v) is 7.82. The molecule has 0 saturated heterocycles. The van der Waals surface area contributed by atoms with Crippen LogP contribution in [-0.4, -0.2) is 33.7 Å². The number of ether oxygens (including phenoxy) is 1. The molecule has 0 unspecified atom stereocenters.